The first-order chi connectivity index (χ1) is 9.57. The number of hydrogen-bond donors (Lipinski definition) is 1. The summed E-state index contributed by atoms with van der Waals surface area (Å²) < 4.78 is 11.6. The monoisotopic (exact) mass is 278 g/mol. The summed E-state index contributed by atoms with van der Waals surface area (Å²) in [6.07, 6.45) is 3.66. The second kappa shape index (κ2) is 6.59. The lowest BCUT2D eigenvalue weighted by Gasteiger charge is -2.34. The zero-order valence-corrected chi connectivity index (χ0v) is 12.8. The van der Waals surface area contributed by atoms with Crippen molar-refractivity contribution in [2.45, 2.75) is 64.3 Å². The Morgan fingerprint density at radius 1 is 1.25 bits per heavy atom. The molecule has 1 fully saturated rings. The third-order valence-corrected chi connectivity index (χ3v) is 3.93. The van der Waals surface area contributed by atoms with Gasteiger partial charge in [0.25, 0.3) is 0 Å². The summed E-state index contributed by atoms with van der Waals surface area (Å²) in [7, 11) is 0. The summed E-state index contributed by atoms with van der Waals surface area (Å²) in [5.41, 5.74) is 0.476. The molecule has 0 aromatic heterocycles. The smallest absolute Gasteiger partial charge is 0.120 e. The van der Waals surface area contributed by atoms with Gasteiger partial charge in [-0.25, -0.2) is 0 Å². The van der Waals surface area contributed by atoms with Crippen LogP contribution in [0.3, 0.4) is 0 Å². The molecule has 1 saturated carbocycles. The van der Waals surface area contributed by atoms with Gasteiger partial charge < -0.3 is 14.6 Å². The van der Waals surface area contributed by atoms with Gasteiger partial charge in [-0.05, 0) is 51.3 Å². The molecule has 0 heterocycles. The summed E-state index contributed by atoms with van der Waals surface area (Å²) in [5.74, 6) is 0.807. The molecule has 1 aliphatic rings. The van der Waals surface area contributed by atoms with E-state index >= 15 is 0 Å². The van der Waals surface area contributed by atoms with Crippen molar-refractivity contribution in [2.75, 3.05) is 6.61 Å². The molecule has 112 valence electrons. The molecule has 0 amide bonds. The van der Waals surface area contributed by atoms with E-state index in [-0.39, 0.29) is 6.10 Å². The third kappa shape index (κ3) is 3.33. The molecule has 1 aliphatic carbocycles. The van der Waals surface area contributed by atoms with E-state index in [9.17, 15) is 5.11 Å². The molecule has 1 unspecified atom stereocenters. The molecule has 0 saturated heterocycles. The van der Waals surface area contributed by atoms with Crippen LogP contribution in [0.2, 0.25) is 0 Å². The molecular formula is C17H26O3. The van der Waals surface area contributed by atoms with Gasteiger partial charge >= 0.3 is 0 Å². The lowest BCUT2D eigenvalue weighted by molar-refractivity contribution is -0.118. The van der Waals surface area contributed by atoms with Crippen molar-refractivity contribution in [1.29, 1.82) is 0 Å². The van der Waals surface area contributed by atoms with Gasteiger partial charge in [-0.2, -0.15) is 0 Å². The lowest BCUT2D eigenvalue weighted by atomic mass is 9.89. The maximum Gasteiger partial charge on any atom is 0.120 e. The van der Waals surface area contributed by atoms with E-state index in [1.807, 2.05) is 45.0 Å². The van der Waals surface area contributed by atoms with E-state index < -0.39 is 11.7 Å². The topological polar surface area (TPSA) is 38.7 Å². The molecule has 3 nitrogen and oxygen atoms in total. The SMILES string of the molecule is CCOC1(C(O)c2cccc(OC(C)C)c2)CCCC1. The van der Waals surface area contributed by atoms with Gasteiger partial charge in [0.05, 0.1) is 11.7 Å². The normalized spacial score (nSPS) is 19.2. The van der Waals surface area contributed by atoms with E-state index in [2.05, 4.69) is 0 Å². The molecule has 0 aliphatic heterocycles. The molecule has 1 atom stereocenters. The minimum Gasteiger partial charge on any atom is -0.491 e. The summed E-state index contributed by atoms with van der Waals surface area (Å²) in [4.78, 5) is 0. The summed E-state index contributed by atoms with van der Waals surface area (Å²) >= 11 is 0. The Balaban J connectivity index is 2.20. The minimum atomic E-state index is -0.583. The molecule has 3 heteroatoms. The second-order valence-electron chi connectivity index (χ2n) is 5.85. The Bertz CT molecular complexity index is 422. The standard InChI is InChI=1S/C17H26O3/c1-4-19-17(10-5-6-11-17)16(18)14-8-7-9-15(12-14)20-13(2)3/h7-9,12-13,16,18H,4-6,10-11H2,1-3H3. The fourth-order valence-electron chi connectivity index (χ4n) is 3.09. The van der Waals surface area contributed by atoms with Crippen molar-refractivity contribution in [3.05, 3.63) is 29.8 Å². The van der Waals surface area contributed by atoms with Gasteiger partial charge in [0.2, 0.25) is 0 Å². The van der Waals surface area contributed by atoms with Crippen LogP contribution in [0, 0.1) is 0 Å². The van der Waals surface area contributed by atoms with Crippen LogP contribution in [0.1, 0.15) is 58.1 Å². The Hall–Kier alpha value is -1.06. The average molecular weight is 278 g/mol. The fraction of sp³-hybridized carbons (Fsp3) is 0.647. The van der Waals surface area contributed by atoms with E-state index in [0.29, 0.717) is 6.61 Å². The summed E-state index contributed by atoms with van der Waals surface area (Å²) in [5, 5.41) is 10.8. The zero-order valence-electron chi connectivity index (χ0n) is 12.8. The van der Waals surface area contributed by atoms with Crippen molar-refractivity contribution < 1.29 is 14.6 Å². The molecule has 0 radical (unpaired) electrons. The Kier molecular flexibility index (Phi) is 5.06. The van der Waals surface area contributed by atoms with Crippen molar-refractivity contribution in [1.82, 2.24) is 0 Å². The third-order valence-electron chi connectivity index (χ3n) is 3.93. The van der Waals surface area contributed by atoms with Crippen molar-refractivity contribution in [2.24, 2.45) is 0 Å². The maximum atomic E-state index is 10.8. The number of rotatable bonds is 6. The number of benzene rings is 1. The first-order valence-electron chi connectivity index (χ1n) is 7.66. The molecule has 1 aromatic carbocycles. The van der Waals surface area contributed by atoms with Crippen LogP contribution >= 0.6 is 0 Å². The van der Waals surface area contributed by atoms with Crippen molar-refractivity contribution >= 4 is 0 Å². The Morgan fingerprint density at radius 3 is 2.55 bits per heavy atom. The molecule has 1 N–H and O–H groups in total. The maximum absolute atomic E-state index is 10.8. The van der Waals surface area contributed by atoms with Crippen LogP contribution < -0.4 is 4.74 Å². The van der Waals surface area contributed by atoms with Crippen LogP contribution in [0.5, 0.6) is 5.75 Å². The van der Waals surface area contributed by atoms with E-state index in [1.165, 1.54) is 0 Å². The highest BCUT2D eigenvalue weighted by Crippen LogP contribution is 2.43. The Labute approximate surface area is 121 Å². The van der Waals surface area contributed by atoms with Crippen LogP contribution in [0.4, 0.5) is 0 Å². The first-order valence-corrected chi connectivity index (χ1v) is 7.66. The largest absolute Gasteiger partial charge is 0.491 e. The quantitative estimate of drug-likeness (QED) is 0.859. The zero-order chi connectivity index (χ0) is 14.6. The van der Waals surface area contributed by atoms with Gasteiger partial charge in [-0.1, -0.05) is 25.0 Å². The first kappa shape index (κ1) is 15.3. The predicted molar refractivity (Wildman–Crippen MR) is 80.0 cm³/mol. The number of aliphatic hydroxyl groups is 1. The fourth-order valence-corrected chi connectivity index (χ4v) is 3.09. The molecular weight excluding hydrogens is 252 g/mol. The van der Waals surface area contributed by atoms with Gasteiger partial charge in [-0.15, -0.1) is 0 Å². The van der Waals surface area contributed by atoms with Crippen LogP contribution in [0.25, 0.3) is 0 Å². The second-order valence-corrected chi connectivity index (χ2v) is 5.85. The average Bonchev–Trinajstić information content (AvgIpc) is 2.87. The highest BCUT2D eigenvalue weighted by atomic mass is 16.5. The summed E-state index contributed by atoms with van der Waals surface area (Å²) in [6.45, 7) is 6.63. The number of ether oxygens (including phenoxy) is 2. The van der Waals surface area contributed by atoms with Crippen LogP contribution in [-0.4, -0.2) is 23.4 Å². The minimum absolute atomic E-state index is 0.134. The van der Waals surface area contributed by atoms with E-state index in [0.717, 1.165) is 37.0 Å². The molecule has 2 rings (SSSR count). The van der Waals surface area contributed by atoms with Crippen LogP contribution in [-0.2, 0) is 4.74 Å². The molecule has 20 heavy (non-hydrogen) atoms. The molecule has 0 spiro atoms. The van der Waals surface area contributed by atoms with Gasteiger partial charge in [0.15, 0.2) is 0 Å². The van der Waals surface area contributed by atoms with Gasteiger partial charge in [0.1, 0.15) is 11.9 Å². The van der Waals surface area contributed by atoms with E-state index in [1.54, 1.807) is 0 Å². The predicted octanol–water partition coefficient (Wildman–Crippen LogP) is 3.86. The number of hydrogen-bond acceptors (Lipinski definition) is 3. The molecule has 0 bridgehead atoms. The molecule has 1 aromatic rings. The van der Waals surface area contributed by atoms with Crippen molar-refractivity contribution in [3.63, 3.8) is 0 Å². The highest BCUT2D eigenvalue weighted by molar-refractivity contribution is 5.31. The number of aliphatic hydroxyl groups excluding tert-OH is 1. The highest BCUT2D eigenvalue weighted by Gasteiger charge is 2.42. The summed E-state index contributed by atoms with van der Waals surface area (Å²) in [6, 6.07) is 7.75. The van der Waals surface area contributed by atoms with Gasteiger partial charge in [-0.3, -0.25) is 0 Å². The Morgan fingerprint density at radius 2 is 1.95 bits per heavy atom. The van der Waals surface area contributed by atoms with Gasteiger partial charge in [0, 0.05) is 6.61 Å². The van der Waals surface area contributed by atoms with Crippen molar-refractivity contribution in [3.8, 4) is 5.75 Å². The van der Waals surface area contributed by atoms with Crippen LogP contribution in [0.15, 0.2) is 24.3 Å². The van der Waals surface area contributed by atoms with E-state index in [4.69, 9.17) is 9.47 Å². The lowest BCUT2D eigenvalue weighted by Crippen LogP contribution is -2.36.